The minimum Gasteiger partial charge on any atom is -0.366 e. The minimum atomic E-state index is -0.344. The molecule has 2 heterocycles. The van der Waals surface area contributed by atoms with Crippen LogP contribution in [0.5, 0.6) is 0 Å². The van der Waals surface area contributed by atoms with E-state index in [2.05, 4.69) is 25.6 Å². The topological polar surface area (TPSA) is 62.7 Å². The molecule has 0 unspecified atom stereocenters. The Kier molecular flexibility index (Phi) is 4.42. The van der Waals surface area contributed by atoms with E-state index in [0.29, 0.717) is 24.0 Å². The van der Waals surface area contributed by atoms with Crippen molar-refractivity contribution >= 4 is 17.5 Å². The van der Waals surface area contributed by atoms with Gasteiger partial charge in [0.1, 0.15) is 11.6 Å². The fourth-order valence-corrected chi connectivity index (χ4v) is 2.09. The number of nitrogens with zero attached hydrogens (tertiary/aromatic N) is 3. The van der Waals surface area contributed by atoms with E-state index in [4.69, 9.17) is 0 Å². The summed E-state index contributed by atoms with van der Waals surface area (Å²) in [4.78, 5) is 12.6. The lowest BCUT2D eigenvalue weighted by Gasteiger charge is -2.10. The quantitative estimate of drug-likeness (QED) is 0.753. The van der Waals surface area contributed by atoms with Crippen LogP contribution in [0.15, 0.2) is 54.9 Å². The molecule has 0 spiro atoms. The third kappa shape index (κ3) is 4.00. The van der Waals surface area contributed by atoms with Gasteiger partial charge < -0.3 is 10.6 Å². The third-order valence-electron chi connectivity index (χ3n) is 3.20. The Morgan fingerprint density at radius 3 is 2.61 bits per heavy atom. The van der Waals surface area contributed by atoms with Crippen molar-refractivity contribution in [3.63, 3.8) is 0 Å². The highest BCUT2D eigenvalue weighted by molar-refractivity contribution is 5.55. The predicted octanol–water partition coefficient (Wildman–Crippen LogP) is 3.67. The lowest BCUT2D eigenvalue weighted by atomic mass is 10.3. The Balaban J connectivity index is 1.75. The van der Waals surface area contributed by atoms with Crippen LogP contribution >= 0.6 is 0 Å². The summed E-state index contributed by atoms with van der Waals surface area (Å²) >= 11 is 0. The zero-order chi connectivity index (χ0) is 16.1. The van der Waals surface area contributed by atoms with Gasteiger partial charge in [-0.15, -0.1) is 0 Å². The van der Waals surface area contributed by atoms with Crippen LogP contribution in [0.2, 0.25) is 0 Å². The lowest BCUT2D eigenvalue weighted by Crippen LogP contribution is -2.06. The van der Waals surface area contributed by atoms with Crippen molar-refractivity contribution in [2.75, 3.05) is 10.6 Å². The van der Waals surface area contributed by atoms with Crippen LogP contribution in [0.3, 0.4) is 0 Å². The Bertz CT molecular complexity index is 792. The number of nitrogens with one attached hydrogen (secondary N) is 2. The van der Waals surface area contributed by atoms with E-state index in [1.165, 1.54) is 6.07 Å². The molecule has 3 rings (SSSR count). The summed E-state index contributed by atoms with van der Waals surface area (Å²) < 4.78 is 13.7. The van der Waals surface area contributed by atoms with E-state index in [9.17, 15) is 4.39 Å². The highest BCUT2D eigenvalue weighted by Gasteiger charge is 2.06. The molecule has 2 aromatic heterocycles. The van der Waals surface area contributed by atoms with Gasteiger partial charge in [0.15, 0.2) is 0 Å². The van der Waals surface area contributed by atoms with Crippen LogP contribution < -0.4 is 10.6 Å². The van der Waals surface area contributed by atoms with Gasteiger partial charge in [-0.05, 0) is 36.8 Å². The van der Waals surface area contributed by atoms with Gasteiger partial charge in [0.2, 0.25) is 5.95 Å². The number of anilines is 3. The summed E-state index contributed by atoms with van der Waals surface area (Å²) in [7, 11) is 0. The molecule has 1 aromatic carbocycles. The van der Waals surface area contributed by atoms with E-state index in [-0.39, 0.29) is 5.82 Å². The first kappa shape index (κ1) is 14.9. The molecule has 0 saturated heterocycles. The van der Waals surface area contributed by atoms with Gasteiger partial charge in [-0.1, -0.05) is 12.1 Å². The Morgan fingerprint density at radius 2 is 1.83 bits per heavy atom. The van der Waals surface area contributed by atoms with E-state index in [0.717, 1.165) is 11.3 Å². The van der Waals surface area contributed by atoms with Crippen LogP contribution in [0.1, 0.15) is 11.3 Å². The first-order valence-corrected chi connectivity index (χ1v) is 7.21. The second-order valence-electron chi connectivity index (χ2n) is 5.03. The van der Waals surface area contributed by atoms with E-state index in [1.54, 1.807) is 30.6 Å². The summed E-state index contributed by atoms with van der Waals surface area (Å²) in [5.74, 6) is 0.685. The summed E-state index contributed by atoms with van der Waals surface area (Å²) in [6.45, 7) is 2.49. The molecular weight excluding hydrogens is 293 g/mol. The van der Waals surface area contributed by atoms with Crippen molar-refractivity contribution in [2.24, 2.45) is 0 Å². The average molecular weight is 309 g/mol. The number of halogens is 1. The summed E-state index contributed by atoms with van der Waals surface area (Å²) in [6, 6.07) is 12.1. The Labute approximate surface area is 133 Å². The van der Waals surface area contributed by atoms with E-state index >= 15 is 0 Å². The van der Waals surface area contributed by atoms with Crippen LogP contribution in [0.25, 0.3) is 0 Å². The molecule has 0 aliphatic carbocycles. The first-order chi connectivity index (χ1) is 11.2. The van der Waals surface area contributed by atoms with E-state index < -0.39 is 0 Å². The maximum absolute atomic E-state index is 13.7. The second-order valence-corrected chi connectivity index (χ2v) is 5.03. The number of aromatic nitrogens is 3. The number of hydrogen-bond donors (Lipinski definition) is 2. The van der Waals surface area contributed by atoms with Crippen LogP contribution in [-0.4, -0.2) is 15.0 Å². The standard InChI is InChI=1S/C17H16FN5/c1-12-10-16(20-11-13-6-8-19-9-7-13)23-17(21-12)22-15-5-3-2-4-14(15)18/h2-10H,11H2,1H3,(H2,20,21,22,23). The summed E-state index contributed by atoms with van der Waals surface area (Å²) in [5.41, 5.74) is 2.23. The van der Waals surface area contributed by atoms with Crippen molar-refractivity contribution in [1.29, 1.82) is 0 Å². The number of pyridine rings is 1. The highest BCUT2D eigenvalue weighted by atomic mass is 19.1. The number of rotatable bonds is 5. The zero-order valence-electron chi connectivity index (χ0n) is 12.6. The first-order valence-electron chi connectivity index (χ1n) is 7.21. The molecule has 0 bridgehead atoms. The predicted molar refractivity (Wildman–Crippen MR) is 88.0 cm³/mol. The van der Waals surface area contributed by atoms with Crippen molar-refractivity contribution in [1.82, 2.24) is 15.0 Å². The fourth-order valence-electron chi connectivity index (χ4n) is 2.09. The molecule has 5 nitrogen and oxygen atoms in total. The van der Waals surface area contributed by atoms with Gasteiger partial charge >= 0.3 is 0 Å². The number of benzene rings is 1. The zero-order valence-corrected chi connectivity index (χ0v) is 12.6. The van der Waals surface area contributed by atoms with Gasteiger partial charge in [-0.3, -0.25) is 4.98 Å². The van der Waals surface area contributed by atoms with Gasteiger partial charge in [0.25, 0.3) is 0 Å². The van der Waals surface area contributed by atoms with Crippen molar-refractivity contribution < 1.29 is 4.39 Å². The molecule has 23 heavy (non-hydrogen) atoms. The minimum absolute atomic E-state index is 0.344. The van der Waals surface area contributed by atoms with Gasteiger partial charge in [-0.25, -0.2) is 9.37 Å². The molecule has 0 saturated carbocycles. The van der Waals surface area contributed by atoms with E-state index in [1.807, 2.05) is 25.1 Å². The second kappa shape index (κ2) is 6.83. The highest BCUT2D eigenvalue weighted by Crippen LogP contribution is 2.18. The maximum Gasteiger partial charge on any atom is 0.229 e. The van der Waals surface area contributed by atoms with Gasteiger partial charge in [0.05, 0.1) is 5.69 Å². The lowest BCUT2D eigenvalue weighted by molar-refractivity contribution is 0.631. The van der Waals surface area contributed by atoms with Gasteiger partial charge in [-0.2, -0.15) is 4.98 Å². The molecule has 3 aromatic rings. The van der Waals surface area contributed by atoms with Crippen LogP contribution in [0.4, 0.5) is 21.8 Å². The molecule has 116 valence electrons. The Hall–Kier alpha value is -3.02. The molecule has 0 atom stereocenters. The normalized spacial score (nSPS) is 10.3. The molecule has 0 amide bonds. The average Bonchev–Trinajstić information content (AvgIpc) is 2.56. The number of aryl methyl sites for hydroxylation is 1. The summed E-state index contributed by atoms with van der Waals surface area (Å²) in [6.07, 6.45) is 3.49. The van der Waals surface area contributed by atoms with Crippen molar-refractivity contribution in [3.05, 3.63) is 71.9 Å². The van der Waals surface area contributed by atoms with Crippen molar-refractivity contribution in [3.8, 4) is 0 Å². The molecule has 6 heteroatoms. The molecule has 0 aliphatic rings. The smallest absolute Gasteiger partial charge is 0.229 e. The largest absolute Gasteiger partial charge is 0.366 e. The molecule has 2 N–H and O–H groups in total. The van der Waals surface area contributed by atoms with Crippen LogP contribution in [-0.2, 0) is 6.54 Å². The molecule has 0 radical (unpaired) electrons. The fraction of sp³-hybridized carbons (Fsp3) is 0.118. The third-order valence-corrected chi connectivity index (χ3v) is 3.20. The molecular formula is C17H16FN5. The Morgan fingerprint density at radius 1 is 1.04 bits per heavy atom. The number of para-hydroxylation sites is 1. The molecule has 0 fully saturated rings. The molecule has 0 aliphatic heterocycles. The summed E-state index contributed by atoms with van der Waals surface area (Å²) in [5, 5.41) is 6.13. The van der Waals surface area contributed by atoms with Crippen LogP contribution in [0, 0.1) is 12.7 Å². The van der Waals surface area contributed by atoms with Crippen molar-refractivity contribution in [2.45, 2.75) is 13.5 Å². The monoisotopic (exact) mass is 309 g/mol. The number of hydrogen-bond acceptors (Lipinski definition) is 5. The SMILES string of the molecule is Cc1cc(NCc2ccncc2)nc(Nc2ccccc2F)n1. The van der Waals surface area contributed by atoms with Gasteiger partial charge in [0, 0.05) is 30.7 Å². The maximum atomic E-state index is 13.7.